The molecule has 1 amide bonds. The van der Waals surface area contributed by atoms with Crippen LogP contribution < -0.4 is 0 Å². The van der Waals surface area contributed by atoms with Gasteiger partial charge >= 0.3 is 17.8 Å². The highest BCUT2D eigenvalue weighted by Gasteiger charge is 2.29. The third kappa shape index (κ3) is 1.71. The van der Waals surface area contributed by atoms with E-state index in [1.54, 1.807) is 0 Å². The van der Waals surface area contributed by atoms with Gasteiger partial charge in [0.1, 0.15) is 13.2 Å². The van der Waals surface area contributed by atoms with Gasteiger partial charge in [-0.1, -0.05) is 0 Å². The molecule has 6 heteroatoms. The molecular weight excluding hydrogens is 166 g/mol. The quantitative estimate of drug-likeness (QED) is 0.404. The fourth-order valence-corrected chi connectivity index (χ4v) is 0.855. The lowest BCUT2D eigenvalue weighted by molar-refractivity contribution is -0.167. The predicted octanol–water partition coefficient (Wildman–Crippen LogP) is -1.54. The Morgan fingerprint density at radius 3 is 2.83 bits per heavy atom. The van der Waals surface area contributed by atoms with Gasteiger partial charge in [0.05, 0.1) is 6.54 Å². The number of aliphatic carboxylic acids is 1. The van der Waals surface area contributed by atoms with E-state index in [1.807, 2.05) is 0 Å². The number of carboxylic acids is 1. The fourth-order valence-electron chi connectivity index (χ4n) is 0.855. The van der Waals surface area contributed by atoms with Crippen LogP contribution in [-0.2, 0) is 19.1 Å². The lowest BCUT2D eigenvalue weighted by Crippen LogP contribution is -2.47. The average molecular weight is 173 g/mol. The van der Waals surface area contributed by atoms with Crippen LogP contribution in [0.15, 0.2) is 0 Å². The second-order valence-electron chi connectivity index (χ2n) is 2.26. The third-order valence-corrected chi connectivity index (χ3v) is 1.38. The fraction of sp³-hybridized carbons (Fsp3) is 0.500. The topological polar surface area (TPSA) is 83.9 Å². The van der Waals surface area contributed by atoms with Gasteiger partial charge in [0.25, 0.3) is 0 Å². The van der Waals surface area contributed by atoms with Crippen molar-refractivity contribution in [3.8, 4) is 0 Å². The van der Waals surface area contributed by atoms with Gasteiger partial charge in [-0.3, -0.25) is 9.59 Å². The monoisotopic (exact) mass is 173 g/mol. The molecule has 6 nitrogen and oxygen atoms in total. The van der Waals surface area contributed by atoms with E-state index in [-0.39, 0.29) is 13.2 Å². The molecule has 0 aromatic carbocycles. The van der Waals surface area contributed by atoms with Crippen molar-refractivity contribution in [2.75, 3.05) is 19.7 Å². The standard InChI is InChI=1S/C6H7NO5/c8-4(9)3-7-1-2-12-6(11)5(7)10/h1-3H2,(H,8,9). The van der Waals surface area contributed by atoms with Gasteiger partial charge in [0, 0.05) is 0 Å². The maximum Gasteiger partial charge on any atom is 0.397 e. The van der Waals surface area contributed by atoms with Crippen LogP contribution in [-0.4, -0.2) is 47.5 Å². The van der Waals surface area contributed by atoms with Crippen LogP contribution in [0.1, 0.15) is 0 Å². The molecule has 0 spiro atoms. The number of ether oxygens (including phenoxy) is 1. The Labute approximate surface area is 67.7 Å². The first-order valence-corrected chi connectivity index (χ1v) is 3.29. The zero-order chi connectivity index (χ0) is 9.14. The maximum atomic E-state index is 10.8. The normalized spacial score (nSPS) is 17.5. The zero-order valence-corrected chi connectivity index (χ0v) is 6.15. The van der Waals surface area contributed by atoms with E-state index >= 15 is 0 Å². The molecule has 1 saturated heterocycles. The van der Waals surface area contributed by atoms with E-state index < -0.39 is 24.4 Å². The van der Waals surface area contributed by atoms with Crippen LogP contribution in [0, 0.1) is 0 Å². The highest BCUT2D eigenvalue weighted by molar-refractivity contribution is 6.33. The highest BCUT2D eigenvalue weighted by atomic mass is 16.5. The van der Waals surface area contributed by atoms with Crippen molar-refractivity contribution < 1.29 is 24.2 Å². The first kappa shape index (κ1) is 8.51. The third-order valence-electron chi connectivity index (χ3n) is 1.38. The summed E-state index contributed by atoms with van der Waals surface area (Å²) in [6.45, 7) is -0.233. The largest absolute Gasteiger partial charge is 0.480 e. The number of carboxylic acid groups (broad SMARTS) is 1. The minimum absolute atomic E-state index is 0.0673. The minimum Gasteiger partial charge on any atom is -0.480 e. The number of morpholine rings is 1. The van der Waals surface area contributed by atoms with Gasteiger partial charge in [0.15, 0.2) is 0 Å². The number of hydrogen-bond acceptors (Lipinski definition) is 4. The predicted molar refractivity (Wildman–Crippen MR) is 35.2 cm³/mol. The molecule has 1 fully saturated rings. The van der Waals surface area contributed by atoms with Gasteiger partial charge in [-0.25, -0.2) is 4.79 Å². The molecule has 0 radical (unpaired) electrons. The number of carbonyl (C=O) groups excluding carboxylic acids is 2. The summed E-state index contributed by atoms with van der Waals surface area (Å²) in [6.07, 6.45) is 0. The smallest absolute Gasteiger partial charge is 0.397 e. The summed E-state index contributed by atoms with van der Waals surface area (Å²) in [6, 6.07) is 0. The SMILES string of the molecule is O=C(O)CN1CCOC(=O)C1=O. The zero-order valence-electron chi connectivity index (χ0n) is 6.15. The second-order valence-corrected chi connectivity index (χ2v) is 2.26. The molecule has 0 atom stereocenters. The molecule has 66 valence electrons. The van der Waals surface area contributed by atoms with Crippen molar-refractivity contribution in [2.24, 2.45) is 0 Å². The van der Waals surface area contributed by atoms with Crippen LogP contribution in [0.4, 0.5) is 0 Å². The van der Waals surface area contributed by atoms with Crippen molar-refractivity contribution in [3.05, 3.63) is 0 Å². The van der Waals surface area contributed by atoms with Gasteiger partial charge < -0.3 is 14.7 Å². The average Bonchev–Trinajstić information content (AvgIpc) is 1.98. The number of hydrogen-bond donors (Lipinski definition) is 1. The number of carbonyl (C=O) groups is 3. The Morgan fingerprint density at radius 2 is 2.25 bits per heavy atom. The minimum atomic E-state index is -1.14. The van der Waals surface area contributed by atoms with Crippen LogP contribution in [0.25, 0.3) is 0 Å². The number of rotatable bonds is 2. The molecule has 0 aliphatic carbocycles. The Balaban J connectivity index is 2.58. The van der Waals surface area contributed by atoms with Crippen molar-refractivity contribution >= 4 is 17.8 Å². The molecule has 1 heterocycles. The first-order chi connectivity index (χ1) is 5.61. The Hall–Kier alpha value is -1.59. The van der Waals surface area contributed by atoms with Crippen LogP contribution in [0.5, 0.6) is 0 Å². The molecule has 0 bridgehead atoms. The van der Waals surface area contributed by atoms with E-state index in [1.165, 1.54) is 0 Å². The summed E-state index contributed by atoms with van der Waals surface area (Å²) in [5.74, 6) is -3.01. The Kier molecular flexibility index (Phi) is 2.27. The summed E-state index contributed by atoms with van der Waals surface area (Å²) in [7, 11) is 0. The van der Waals surface area contributed by atoms with Crippen LogP contribution in [0.3, 0.4) is 0 Å². The van der Waals surface area contributed by atoms with Crippen molar-refractivity contribution in [1.82, 2.24) is 4.90 Å². The number of cyclic esters (lactones) is 1. The summed E-state index contributed by atoms with van der Waals surface area (Å²) < 4.78 is 4.38. The lowest BCUT2D eigenvalue weighted by Gasteiger charge is -2.23. The van der Waals surface area contributed by atoms with Crippen molar-refractivity contribution in [3.63, 3.8) is 0 Å². The molecule has 1 aliphatic rings. The van der Waals surface area contributed by atoms with Gasteiger partial charge in [-0.05, 0) is 0 Å². The molecule has 0 aromatic heterocycles. The molecule has 12 heavy (non-hydrogen) atoms. The van der Waals surface area contributed by atoms with Gasteiger partial charge in [0.2, 0.25) is 0 Å². The molecule has 0 unspecified atom stereocenters. The van der Waals surface area contributed by atoms with Crippen molar-refractivity contribution in [2.45, 2.75) is 0 Å². The molecule has 1 N–H and O–H groups in total. The number of esters is 1. The first-order valence-electron chi connectivity index (χ1n) is 3.29. The summed E-state index contributed by atoms with van der Waals surface area (Å²) in [5, 5.41) is 8.32. The second kappa shape index (κ2) is 3.21. The van der Waals surface area contributed by atoms with E-state index in [0.29, 0.717) is 0 Å². The molecule has 1 aliphatic heterocycles. The van der Waals surface area contributed by atoms with Crippen LogP contribution in [0.2, 0.25) is 0 Å². The van der Waals surface area contributed by atoms with Gasteiger partial charge in [-0.2, -0.15) is 0 Å². The molecular formula is C6H7NO5. The Morgan fingerprint density at radius 1 is 1.58 bits per heavy atom. The number of amides is 1. The highest BCUT2D eigenvalue weighted by Crippen LogP contribution is 1.99. The summed E-state index contributed by atoms with van der Waals surface area (Å²) >= 11 is 0. The van der Waals surface area contributed by atoms with E-state index in [2.05, 4.69) is 4.74 Å². The maximum absolute atomic E-state index is 10.8. The van der Waals surface area contributed by atoms with E-state index in [0.717, 1.165) is 4.90 Å². The summed E-state index contributed by atoms with van der Waals surface area (Å²) in [5.41, 5.74) is 0. The van der Waals surface area contributed by atoms with Gasteiger partial charge in [-0.15, -0.1) is 0 Å². The van der Waals surface area contributed by atoms with Crippen LogP contribution >= 0.6 is 0 Å². The Bertz CT molecular complexity index is 236. The van der Waals surface area contributed by atoms with E-state index in [4.69, 9.17) is 5.11 Å². The summed E-state index contributed by atoms with van der Waals surface area (Å²) in [4.78, 5) is 32.5. The molecule has 0 saturated carbocycles. The molecule has 0 aromatic rings. The lowest BCUT2D eigenvalue weighted by atomic mass is 10.4. The van der Waals surface area contributed by atoms with Crippen molar-refractivity contribution in [1.29, 1.82) is 0 Å². The number of nitrogens with zero attached hydrogens (tertiary/aromatic N) is 1. The molecule has 1 rings (SSSR count). The van der Waals surface area contributed by atoms with E-state index in [9.17, 15) is 14.4 Å².